The van der Waals surface area contributed by atoms with Crippen molar-refractivity contribution in [3.05, 3.63) is 0 Å². The molecule has 0 bridgehead atoms. The minimum Gasteiger partial charge on any atom is -0.394 e. The van der Waals surface area contributed by atoms with Crippen LogP contribution < -0.4 is 27.8 Å². The van der Waals surface area contributed by atoms with Gasteiger partial charge >= 0.3 is 0 Å². The number of likely N-dealkylation sites (N-methyl/N-ethyl adjacent to an activating group) is 2. The highest BCUT2D eigenvalue weighted by atomic mass is 16.7. The van der Waals surface area contributed by atoms with Gasteiger partial charge in [-0.2, -0.15) is 0 Å². The molecule has 3 aliphatic rings. The van der Waals surface area contributed by atoms with Gasteiger partial charge in [0.2, 0.25) is 0 Å². The van der Waals surface area contributed by atoms with E-state index in [2.05, 4.69) is 10.6 Å². The number of aliphatic hydroxyl groups is 5. The molecule has 1 aliphatic carbocycles. The molecule has 0 aromatic heterocycles. The third kappa shape index (κ3) is 5.71. The normalized spacial score (nSPS) is 50.3. The van der Waals surface area contributed by atoms with E-state index >= 15 is 0 Å². The molecule has 0 aromatic carbocycles. The maximum atomic E-state index is 11.2. The van der Waals surface area contributed by atoms with Gasteiger partial charge in [-0.1, -0.05) is 0 Å². The Bertz CT molecular complexity index is 637. The van der Waals surface area contributed by atoms with E-state index in [0.29, 0.717) is 12.8 Å². The summed E-state index contributed by atoms with van der Waals surface area (Å²) in [6.45, 7) is -0.432. The van der Waals surface area contributed by atoms with Crippen LogP contribution in [-0.4, -0.2) is 138 Å². The molecule has 0 aromatic rings. The first kappa shape index (κ1) is 28.0. The van der Waals surface area contributed by atoms with Gasteiger partial charge < -0.3 is 72.3 Å². The van der Waals surface area contributed by atoms with E-state index in [9.17, 15) is 25.5 Å². The third-order valence-corrected chi connectivity index (χ3v) is 7.07. The second-order valence-electron chi connectivity index (χ2n) is 9.25. The fourth-order valence-electron chi connectivity index (χ4n) is 4.89. The van der Waals surface area contributed by atoms with Gasteiger partial charge in [-0.25, -0.2) is 0 Å². The van der Waals surface area contributed by atoms with Crippen LogP contribution >= 0.6 is 0 Å². The fraction of sp³-hybridized carbons (Fsp3) is 1.00. The number of hydrogen-bond donors (Lipinski definition) is 10. The summed E-state index contributed by atoms with van der Waals surface area (Å²) >= 11 is 0. The minimum atomic E-state index is -1.40. The Morgan fingerprint density at radius 2 is 1.44 bits per heavy atom. The lowest BCUT2D eigenvalue weighted by atomic mass is 9.83. The summed E-state index contributed by atoms with van der Waals surface area (Å²) in [5.74, 6) is 0. The topological polar surface area (TPSA) is 240 Å². The van der Waals surface area contributed by atoms with Crippen molar-refractivity contribution in [3.8, 4) is 0 Å². The molecule has 34 heavy (non-hydrogen) atoms. The van der Waals surface area contributed by atoms with Gasteiger partial charge in [0.15, 0.2) is 12.6 Å². The lowest BCUT2D eigenvalue weighted by molar-refractivity contribution is -0.316. The summed E-state index contributed by atoms with van der Waals surface area (Å²) in [4.78, 5) is 0. The zero-order valence-corrected chi connectivity index (χ0v) is 19.5. The zero-order chi connectivity index (χ0) is 25.2. The molecule has 3 rings (SSSR count). The first-order valence-electron chi connectivity index (χ1n) is 11.7. The molecule has 14 atom stereocenters. The number of rotatable bonds is 8. The standard InChI is InChI=1S/C20H41N5O9/c1-24-8-3-7(22)17(33-19-9(25-2)4-10(27)11(5-21)31-19)16(30)18(8)34-20-15(29)13(23)14(28)12(6-26)32-20/h7-20,24-30H,3-6,21-23H2,1-2H3/t7-,8+,9+,10-,11+,12+,13-,14+,15+,16-,17?,18-,19+,20+/m0/s1. The molecule has 0 radical (unpaired) electrons. The Balaban J connectivity index is 1.75. The molecule has 14 nitrogen and oxygen atoms in total. The monoisotopic (exact) mass is 495 g/mol. The molecular formula is C20H41N5O9. The van der Waals surface area contributed by atoms with Gasteiger partial charge in [-0.05, 0) is 26.9 Å². The van der Waals surface area contributed by atoms with Crippen molar-refractivity contribution in [1.82, 2.24) is 10.6 Å². The Morgan fingerprint density at radius 1 is 0.824 bits per heavy atom. The summed E-state index contributed by atoms with van der Waals surface area (Å²) < 4.78 is 23.4. The Labute approximate surface area is 198 Å². The van der Waals surface area contributed by atoms with Crippen LogP contribution in [0.25, 0.3) is 0 Å². The average Bonchev–Trinajstić information content (AvgIpc) is 2.83. The van der Waals surface area contributed by atoms with Gasteiger partial charge in [0, 0.05) is 18.6 Å². The van der Waals surface area contributed by atoms with Gasteiger partial charge in [0.25, 0.3) is 0 Å². The van der Waals surface area contributed by atoms with Gasteiger partial charge in [-0.15, -0.1) is 0 Å². The van der Waals surface area contributed by atoms with Crippen molar-refractivity contribution in [1.29, 1.82) is 0 Å². The van der Waals surface area contributed by atoms with Crippen molar-refractivity contribution >= 4 is 0 Å². The van der Waals surface area contributed by atoms with E-state index in [1.165, 1.54) is 0 Å². The molecule has 2 heterocycles. The van der Waals surface area contributed by atoms with Crippen molar-refractivity contribution in [2.45, 2.75) is 98.4 Å². The highest BCUT2D eigenvalue weighted by Gasteiger charge is 2.50. The van der Waals surface area contributed by atoms with Crippen molar-refractivity contribution < 1.29 is 44.5 Å². The van der Waals surface area contributed by atoms with Crippen LogP contribution in [0.15, 0.2) is 0 Å². The number of hydrogen-bond acceptors (Lipinski definition) is 14. The second-order valence-corrected chi connectivity index (χ2v) is 9.25. The molecule has 1 saturated carbocycles. The van der Waals surface area contributed by atoms with Crippen LogP contribution in [0.5, 0.6) is 0 Å². The number of nitrogens with one attached hydrogen (secondary N) is 2. The van der Waals surface area contributed by atoms with Crippen LogP contribution in [-0.2, 0) is 18.9 Å². The van der Waals surface area contributed by atoms with Gasteiger partial charge in [-0.3, -0.25) is 0 Å². The van der Waals surface area contributed by atoms with Crippen LogP contribution in [0.3, 0.4) is 0 Å². The lowest BCUT2D eigenvalue weighted by Crippen LogP contribution is -2.68. The summed E-state index contributed by atoms with van der Waals surface area (Å²) in [5.41, 5.74) is 17.9. The Morgan fingerprint density at radius 3 is 2.03 bits per heavy atom. The zero-order valence-electron chi connectivity index (χ0n) is 19.5. The molecule has 1 unspecified atom stereocenters. The summed E-state index contributed by atoms with van der Waals surface area (Å²) in [7, 11) is 3.39. The fourth-order valence-corrected chi connectivity index (χ4v) is 4.89. The largest absolute Gasteiger partial charge is 0.394 e. The summed E-state index contributed by atoms with van der Waals surface area (Å²) in [5, 5.41) is 57.6. The van der Waals surface area contributed by atoms with E-state index in [0.717, 1.165) is 0 Å². The highest BCUT2D eigenvalue weighted by molar-refractivity contribution is 5.01. The molecule has 2 saturated heterocycles. The first-order chi connectivity index (χ1) is 16.2. The van der Waals surface area contributed by atoms with E-state index in [4.69, 9.17) is 36.1 Å². The molecule has 14 heteroatoms. The predicted molar refractivity (Wildman–Crippen MR) is 118 cm³/mol. The molecular weight excluding hydrogens is 454 g/mol. The van der Waals surface area contributed by atoms with Crippen LogP contribution in [0.2, 0.25) is 0 Å². The van der Waals surface area contributed by atoms with Gasteiger partial charge in [0.05, 0.1) is 30.9 Å². The maximum absolute atomic E-state index is 11.2. The van der Waals surface area contributed by atoms with Gasteiger partial charge in [0.1, 0.15) is 36.6 Å². The van der Waals surface area contributed by atoms with E-state index in [-0.39, 0.29) is 12.6 Å². The number of ether oxygens (including phenoxy) is 4. The molecule has 200 valence electrons. The van der Waals surface area contributed by atoms with E-state index in [1.54, 1.807) is 14.1 Å². The Hall–Kier alpha value is -0.560. The van der Waals surface area contributed by atoms with Crippen LogP contribution in [0.1, 0.15) is 12.8 Å². The van der Waals surface area contributed by atoms with Crippen LogP contribution in [0, 0.1) is 0 Å². The van der Waals surface area contributed by atoms with E-state index < -0.39 is 86.1 Å². The molecule has 3 fully saturated rings. The quantitative estimate of drug-likeness (QED) is 0.151. The smallest absolute Gasteiger partial charge is 0.186 e. The van der Waals surface area contributed by atoms with Crippen molar-refractivity contribution in [2.75, 3.05) is 27.2 Å². The third-order valence-electron chi connectivity index (χ3n) is 7.07. The minimum absolute atomic E-state index is 0.0966. The van der Waals surface area contributed by atoms with Crippen molar-refractivity contribution in [2.24, 2.45) is 17.2 Å². The Kier molecular flexibility index (Phi) is 9.99. The number of aliphatic hydroxyl groups excluding tert-OH is 5. The SMILES string of the molecule is CN[C@@H]1C[C@H](O)[C@@H](CN)O[C@@H]1OC1[C@@H](N)C[C@@H](NC)[C@H](O[C@H]2O[C@H](CO)[C@@H](O)[C@H](N)[C@H]2O)[C@H]1O. The summed E-state index contributed by atoms with van der Waals surface area (Å²) in [6, 6.07) is -2.51. The molecule has 13 N–H and O–H groups in total. The lowest BCUT2D eigenvalue weighted by Gasteiger charge is -2.48. The number of nitrogens with two attached hydrogens (primary N) is 3. The average molecular weight is 496 g/mol. The maximum Gasteiger partial charge on any atom is 0.186 e. The van der Waals surface area contributed by atoms with Crippen molar-refractivity contribution in [3.63, 3.8) is 0 Å². The predicted octanol–water partition coefficient (Wildman–Crippen LogP) is -5.77. The molecule has 0 spiro atoms. The molecule has 2 aliphatic heterocycles. The first-order valence-corrected chi connectivity index (χ1v) is 11.7. The molecule has 0 amide bonds. The summed E-state index contributed by atoms with van der Waals surface area (Å²) in [6.07, 6.45) is -9.72. The van der Waals surface area contributed by atoms with E-state index in [1.807, 2.05) is 0 Å². The highest BCUT2D eigenvalue weighted by Crippen LogP contribution is 2.31. The second kappa shape index (κ2) is 12.1. The van der Waals surface area contributed by atoms with Crippen LogP contribution in [0.4, 0.5) is 0 Å².